The number of carbonyl (C=O) groups excluding carboxylic acids is 1. The molecule has 1 aromatic rings. The van der Waals surface area contributed by atoms with Gasteiger partial charge in [-0.2, -0.15) is 0 Å². The first-order chi connectivity index (χ1) is 11.7. The Bertz CT molecular complexity index is 653. The molecule has 1 aromatic carbocycles. The second-order valence-corrected chi connectivity index (χ2v) is 8.17. The molecule has 0 aromatic heterocycles. The van der Waals surface area contributed by atoms with E-state index in [0.29, 0.717) is 18.4 Å². The normalized spacial score (nSPS) is 23.0. The van der Waals surface area contributed by atoms with Crippen molar-refractivity contribution in [1.82, 2.24) is 4.90 Å². The van der Waals surface area contributed by atoms with Crippen LogP contribution in [0.15, 0.2) is 24.3 Å². The van der Waals surface area contributed by atoms with E-state index in [0.717, 1.165) is 24.8 Å². The molecule has 136 valence electrons. The van der Waals surface area contributed by atoms with E-state index in [1.807, 2.05) is 12.1 Å². The minimum Gasteiger partial charge on any atom is -0.480 e. The number of benzene rings is 1. The Kier molecular flexibility index (Phi) is 4.62. The molecule has 2 fully saturated rings. The molecule has 3 rings (SSSR count). The summed E-state index contributed by atoms with van der Waals surface area (Å²) in [6, 6.07) is 6.60. The maximum absolute atomic E-state index is 13.2. The van der Waals surface area contributed by atoms with Crippen LogP contribution in [0, 0.1) is 0 Å². The highest BCUT2D eigenvalue weighted by molar-refractivity contribution is 5.97. The molecule has 1 saturated carbocycles. The number of carboxylic acids is 1. The summed E-state index contributed by atoms with van der Waals surface area (Å²) < 4.78 is 5.91. The second-order valence-electron chi connectivity index (χ2n) is 8.17. The zero-order valence-corrected chi connectivity index (χ0v) is 15.2. The van der Waals surface area contributed by atoms with E-state index in [-0.39, 0.29) is 17.9 Å². The van der Waals surface area contributed by atoms with Crippen LogP contribution >= 0.6 is 0 Å². The van der Waals surface area contributed by atoms with Crippen molar-refractivity contribution in [3.63, 3.8) is 0 Å². The van der Waals surface area contributed by atoms with E-state index in [1.165, 1.54) is 4.90 Å². The van der Waals surface area contributed by atoms with Gasteiger partial charge in [-0.05, 0) is 48.8 Å². The zero-order chi connectivity index (χ0) is 18.2. The Morgan fingerprint density at radius 3 is 2.24 bits per heavy atom. The predicted molar refractivity (Wildman–Crippen MR) is 94.5 cm³/mol. The Morgan fingerprint density at radius 2 is 1.72 bits per heavy atom. The third-order valence-electron chi connectivity index (χ3n) is 5.40. The number of hydrogen-bond donors (Lipinski definition) is 1. The van der Waals surface area contributed by atoms with Crippen molar-refractivity contribution in [3.05, 3.63) is 35.4 Å². The summed E-state index contributed by atoms with van der Waals surface area (Å²) in [6.07, 6.45) is 4.44. The molecule has 1 saturated heterocycles. The van der Waals surface area contributed by atoms with E-state index in [2.05, 4.69) is 20.8 Å². The van der Waals surface area contributed by atoms with Crippen LogP contribution in [0.4, 0.5) is 0 Å². The lowest BCUT2D eigenvalue weighted by Crippen LogP contribution is -2.54. The molecule has 1 heterocycles. The first-order valence-electron chi connectivity index (χ1n) is 9.06. The van der Waals surface area contributed by atoms with E-state index < -0.39 is 17.7 Å². The van der Waals surface area contributed by atoms with Crippen molar-refractivity contribution in [3.8, 4) is 0 Å². The number of carboxylic acid groups (broad SMARTS) is 1. The lowest BCUT2D eigenvalue weighted by molar-refractivity contribution is -0.143. The van der Waals surface area contributed by atoms with Gasteiger partial charge in [-0.15, -0.1) is 0 Å². The molecule has 2 aliphatic rings. The molecule has 1 aliphatic heterocycles. The van der Waals surface area contributed by atoms with Crippen molar-refractivity contribution in [2.75, 3.05) is 6.61 Å². The molecule has 1 amide bonds. The molecule has 5 heteroatoms. The fraction of sp³-hybridized carbons (Fsp3) is 0.600. The highest BCUT2D eigenvalue weighted by Gasteiger charge is 2.53. The fourth-order valence-corrected chi connectivity index (χ4v) is 3.91. The minimum atomic E-state index is -0.998. The second kappa shape index (κ2) is 6.45. The van der Waals surface area contributed by atoms with Gasteiger partial charge < -0.3 is 9.84 Å². The SMILES string of the molecule is CC(C)(C)c1ccc(C(=O)N2[C@@H](C(=O)O)COC23CCCCC3)cc1. The van der Waals surface area contributed by atoms with Crippen molar-refractivity contribution in [2.45, 2.75) is 70.1 Å². The van der Waals surface area contributed by atoms with Gasteiger partial charge in [-0.1, -0.05) is 39.3 Å². The van der Waals surface area contributed by atoms with Gasteiger partial charge in [-0.25, -0.2) is 4.79 Å². The van der Waals surface area contributed by atoms with Crippen molar-refractivity contribution >= 4 is 11.9 Å². The molecule has 1 aliphatic carbocycles. The van der Waals surface area contributed by atoms with Crippen LogP contribution in [0.2, 0.25) is 0 Å². The lowest BCUT2D eigenvalue weighted by Gasteiger charge is -2.41. The largest absolute Gasteiger partial charge is 0.480 e. The number of carbonyl (C=O) groups is 2. The van der Waals surface area contributed by atoms with E-state index >= 15 is 0 Å². The van der Waals surface area contributed by atoms with Gasteiger partial charge >= 0.3 is 5.97 Å². The van der Waals surface area contributed by atoms with Crippen molar-refractivity contribution in [2.24, 2.45) is 0 Å². The lowest BCUT2D eigenvalue weighted by atomic mass is 9.86. The summed E-state index contributed by atoms with van der Waals surface area (Å²) >= 11 is 0. The predicted octanol–water partition coefficient (Wildman–Crippen LogP) is 3.57. The smallest absolute Gasteiger partial charge is 0.328 e. The number of amides is 1. The summed E-state index contributed by atoms with van der Waals surface area (Å²) in [5.41, 5.74) is 0.923. The van der Waals surface area contributed by atoms with Gasteiger partial charge in [0.05, 0.1) is 6.61 Å². The average molecular weight is 345 g/mol. The summed E-state index contributed by atoms with van der Waals surface area (Å²) in [5, 5.41) is 9.57. The highest BCUT2D eigenvalue weighted by atomic mass is 16.5. The van der Waals surface area contributed by atoms with E-state index in [1.54, 1.807) is 12.1 Å². The summed E-state index contributed by atoms with van der Waals surface area (Å²) in [5.74, 6) is -1.24. The van der Waals surface area contributed by atoms with Crippen LogP contribution in [0.3, 0.4) is 0 Å². The van der Waals surface area contributed by atoms with Gasteiger partial charge in [0.2, 0.25) is 0 Å². The van der Waals surface area contributed by atoms with Gasteiger partial charge in [-0.3, -0.25) is 9.69 Å². The molecular weight excluding hydrogens is 318 g/mol. The third-order valence-corrected chi connectivity index (χ3v) is 5.40. The number of hydrogen-bond acceptors (Lipinski definition) is 3. The Morgan fingerprint density at radius 1 is 1.12 bits per heavy atom. The van der Waals surface area contributed by atoms with Crippen molar-refractivity contribution in [1.29, 1.82) is 0 Å². The maximum Gasteiger partial charge on any atom is 0.328 e. The first-order valence-corrected chi connectivity index (χ1v) is 9.06. The van der Waals surface area contributed by atoms with Crippen LogP contribution in [0.25, 0.3) is 0 Å². The quantitative estimate of drug-likeness (QED) is 0.890. The number of ether oxygens (including phenoxy) is 1. The topological polar surface area (TPSA) is 66.8 Å². The number of aliphatic carboxylic acids is 1. The fourth-order valence-electron chi connectivity index (χ4n) is 3.91. The van der Waals surface area contributed by atoms with Gasteiger partial charge in [0, 0.05) is 5.56 Å². The van der Waals surface area contributed by atoms with Crippen LogP contribution in [-0.4, -0.2) is 40.3 Å². The average Bonchev–Trinajstić information content (AvgIpc) is 2.93. The molecule has 1 atom stereocenters. The van der Waals surface area contributed by atoms with Gasteiger partial charge in [0.1, 0.15) is 5.72 Å². The summed E-state index contributed by atoms with van der Waals surface area (Å²) in [7, 11) is 0. The van der Waals surface area contributed by atoms with Crippen LogP contribution < -0.4 is 0 Å². The Hall–Kier alpha value is -1.88. The van der Waals surface area contributed by atoms with Crippen molar-refractivity contribution < 1.29 is 19.4 Å². The summed E-state index contributed by atoms with van der Waals surface area (Å²) in [4.78, 5) is 26.4. The molecule has 5 nitrogen and oxygen atoms in total. The monoisotopic (exact) mass is 345 g/mol. The highest BCUT2D eigenvalue weighted by Crippen LogP contribution is 2.41. The molecule has 0 bridgehead atoms. The number of rotatable bonds is 2. The molecule has 0 radical (unpaired) electrons. The molecule has 1 spiro atoms. The van der Waals surface area contributed by atoms with Gasteiger partial charge in [0.15, 0.2) is 6.04 Å². The molecular formula is C20H27NO4. The first kappa shape index (κ1) is 17.9. The van der Waals surface area contributed by atoms with E-state index in [9.17, 15) is 14.7 Å². The third kappa shape index (κ3) is 3.30. The Labute approximate surface area is 149 Å². The van der Waals surface area contributed by atoms with Crippen LogP contribution in [0.1, 0.15) is 68.8 Å². The van der Waals surface area contributed by atoms with Gasteiger partial charge in [0.25, 0.3) is 5.91 Å². The number of nitrogens with zero attached hydrogens (tertiary/aromatic N) is 1. The molecule has 25 heavy (non-hydrogen) atoms. The molecule has 0 unspecified atom stereocenters. The molecule has 1 N–H and O–H groups in total. The Balaban J connectivity index is 1.92. The van der Waals surface area contributed by atoms with E-state index in [4.69, 9.17) is 4.74 Å². The van der Waals surface area contributed by atoms with Crippen LogP contribution in [-0.2, 0) is 14.9 Å². The van der Waals surface area contributed by atoms with Crippen LogP contribution in [0.5, 0.6) is 0 Å². The maximum atomic E-state index is 13.2. The standard InChI is InChI=1S/C20H27NO4/c1-19(2,3)15-9-7-14(8-10-15)17(22)21-16(18(23)24)13-25-20(21)11-5-4-6-12-20/h7-10,16H,4-6,11-13H2,1-3H3,(H,23,24)/t16-/m1/s1. The minimum absolute atomic E-state index is 0.00647. The summed E-state index contributed by atoms with van der Waals surface area (Å²) in [6.45, 7) is 6.43. The zero-order valence-electron chi connectivity index (χ0n) is 15.2.